The lowest BCUT2D eigenvalue weighted by molar-refractivity contribution is 0.0953. The summed E-state index contributed by atoms with van der Waals surface area (Å²) in [5.74, 6) is 0.992. The van der Waals surface area contributed by atoms with Crippen LogP contribution in [0.4, 0.5) is 0 Å². The molecule has 2 rings (SSSR count). The fourth-order valence-corrected chi connectivity index (χ4v) is 2.08. The first-order valence-electron chi connectivity index (χ1n) is 7.34. The highest BCUT2D eigenvalue weighted by molar-refractivity contribution is 5.94. The van der Waals surface area contributed by atoms with E-state index in [0.29, 0.717) is 30.2 Å². The van der Waals surface area contributed by atoms with Crippen molar-refractivity contribution in [1.29, 1.82) is 0 Å². The Morgan fingerprint density at radius 2 is 1.96 bits per heavy atom. The summed E-state index contributed by atoms with van der Waals surface area (Å²) in [5, 5.41) is 6.11. The second-order valence-corrected chi connectivity index (χ2v) is 4.86. The molecule has 0 fully saturated rings. The molecule has 0 aliphatic rings. The summed E-state index contributed by atoms with van der Waals surface area (Å²) in [6.45, 7) is 1.93. The van der Waals surface area contributed by atoms with Crippen molar-refractivity contribution in [1.82, 2.24) is 15.6 Å². The Morgan fingerprint density at radius 1 is 1.13 bits per heavy atom. The zero-order valence-electron chi connectivity index (χ0n) is 13.3. The molecule has 122 valence electrons. The van der Waals surface area contributed by atoms with Crippen molar-refractivity contribution in [3.63, 3.8) is 0 Å². The molecule has 1 amide bonds. The summed E-state index contributed by atoms with van der Waals surface area (Å²) in [6, 6.07) is 8.99. The number of rotatable bonds is 8. The summed E-state index contributed by atoms with van der Waals surface area (Å²) in [4.78, 5) is 16.2. The van der Waals surface area contributed by atoms with Gasteiger partial charge >= 0.3 is 0 Å². The summed E-state index contributed by atoms with van der Waals surface area (Å²) >= 11 is 0. The highest BCUT2D eigenvalue weighted by atomic mass is 16.5. The highest BCUT2D eigenvalue weighted by Gasteiger charge is 2.10. The van der Waals surface area contributed by atoms with Crippen molar-refractivity contribution < 1.29 is 14.3 Å². The second kappa shape index (κ2) is 8.75. The quantitative estimate of drug-likeness (QED) is 0.724. The Labute approximate surface area is 135 Å². The van der Waals surface area contributed by atoms with Gasteiger partial charge in [0.15, 0.2) is 11.5 Å². The van der Waals surface area contributed by atoms with E-state index in [1.54, 1.807) is 38.6 Å². The molecule has 0 saturated heterocycles. The molecular weight excluding hydrogens is 294 g/mol. The number of aromatic nitrogens is 1. The first-order chi connectivity index (χ1) is 11.2. The van der Waals surface area contributed by atoms with Crippen molar-refractivity contribution in [3.05, 3.63) is 53.9 Å². The third-order valence-electron chi connectivity index (χ3n) is 3.28. The fourth-order valence-electron chi connectivity index (χ4n) is 2.08. The standard InChI is InChI=1S/C17H21N3O3/c1-22-15-6-5-14(10-16(15)23-2)17(21)20-9-8-19-12-13-4-3-7-18-11-13/h3-7,10-11,19H,8-9,12H2,1-2H3,(H,20,21). The molecule has 6 heteroatoms. The number of carbonyl (C=O) groups excluding carboxylic acids is 1. The normalized spacial score (nSPS) is 10.2. The molecule has 2 aromatic rings. The summed E-state index contributed by atoms with van der Waals surface area (Å²) in [6.07, 6.45) is 3.56. The van der Waals surface area contributed by atoms with Crippen molar-refractivity contribution in [2.45, 2.75) is 6.54 Å². The van der Waals surface area contributed by atoms with Crippen molar-refractivity contribution in [2.24, 2.45) is 0 Å². The van der Waals surface area contributed by atoms with E-state index in [2.05, 4.69) is 15.6 Å². The number of pyridine rings is 1. The summed E-state index contributed by atoms with van der Waals surface area (Å²) in [5.41, 5.74) is 1.65. The van der Waals surface area contributed by atoms with Crippen LogP contribution in [0.2, 0.25) is 0 Å². The van der Waals surface area contributed by atoms with E-state index < -0.39 is 0 Å². The van der Waals surface area contributed by atoms with Gasteiger partial charge in [-0.25, -0.2) is 0 Å². The van der Waals surface area contributed by atoms with Crippen molar-refractivity contribution in [3.8, 4) is 11.5 Å². The molecule has 0 atom stereocenters. The SMILES string of the molecule is COc1ccc(C(=O)NCCNCc2cccnc2)cc1OC. The molecule has 0 spiro atoms. The minimum atomic E-state index is -0.144. The second-order valence-electron chi connectivity index (χ2n) is 4.86. The zero-order chi connectivity index (χ0) is 16.5. The summed E-state index contributed by atoms with van der Waals surface area (Å²) in [7, 11) is 3.10. The molecule has 0 aliphatic heterocycles. The maximum Gasteiger partial charge on any atom is 0.251 e. The van der Waals surface area contributed by atoms with Gasteiger partial charge in [-0.1, -0.05) is 6.07 Å². The molecule has 0 radical (unpaired) electrons. The third kappa shape index (κ3) is 4.96. The average Bonchev–Trinajstić information content (AvgIpc) is 2.61. The van der Waals surface area contributed by atoms with Crippen LogP contribution < -0.4 is 20.1 Å². The summed E-state index contributed by atoms with van der Waals surface area (Å²) < 4.78 is 10.4. The molecule has 1 heterocycles. The van der Waals surface area contributed by atoms with E-state index in [9.17, 15) is 4.79 Å². The van der Waals surface area contributed by atoms with Crippen LogP contribution in [0.1, 0.15) is 15.9 Å². The van der Waals surface area contributed by atoms with Gasteiger partial charge in [0.25, 0.3) is 5.91 Å². The topological polar surface area (TPSA) is 72.5 Å². The first-order valence-corrected chi connectivity index (χ1v) is 7.34. The first kappa shape index (κ1) is 16.8. The van der Waals surface area contributed by atoms with Crippen LogP contribution in [0.3, 0.4) is 0 Å². The Hall–Kier alpha value is -2.60. The minimum Gasteiger partial charge on any atom is -0.493 e. The molecule has 23 heavy (non-hydrogen) atoms. The van der Waals surface area contributed by atoms with Crippen LogP contribution in [0.25, 0.3) is 0 Å². The molecule has 1 aromatic heterocycles. The number of hydrogen-bond donors (Lipinski definition) is 2. The smallest absolute Gasteiger partial charge is 0.251 e. The van der Waals surface area contributed by atoms with E-state index in [-0.39, 0.29) is 5.91 Å². The van der Waals surface area contributed by atoms with Gasteiger partial charge in [-0.15, -0.1) is 0 Å². The van der Waals surface area contributed by atoms with E-state index >= 15 is 0 Å². The van der Waals surface area contributed by atoms with E-state index in [1.807, 2.05) is 18.3 Å². The molecule has 1 aromatic carbocycles. The lowest BCUT2D eigenvalue weighted by Gasteiger charge is -2.10. The fraction of sp³-hybridized carbons (Fsp3) is 0.294. The maximum absolute atomic E-state index is 12.1. The predicted octanol–water partition coefficient (Wildman–Crippen LogP) is 1.62. The lowest BCUT2D eigenvalue weighted by atomic mass is 10.2. The van der Waals surface area contributed by atoms with Gasteiger partial charge < -0.3 is 20.1 Å². The monoisotopic (exact) mass is 315 g/mol. The predicted molar refractivity (Wildman–Crippen MR) is 87.8 cm³/mol. The molecular formula is C17H21N3O3. The van der Waals surface area contributed by atoms with Crippen LogP contribution in [0.15, 0.2) is 42.7 Å². The van der Waals surface area contributed by atoms with Gasteiger partial charge in [-0.2, -0.15) is 0 Å². The minimum absolute atomic E-state index is 0.144. The van der Waals surface area contributed by atoms with Gasteiger partial charge in [0.1, 0.15) is 0 Å². The number of carbonyl (C=O) groups is 1. The molecule has 0 bridgehead atoms. The zero-order valence-corrected chi connectivity index (χ0v) is 13.3. The van der Waals surface area contributed by atoms with Crippen molar-refractivity contribution in [2.75, 3.05) is 27.3 Å². The Kier molecular flexibility index (Phi) is 6.38. The molecule has 2 N–H and O–H groups in total. The van der Waals surface area contributed by atoms with Crippen molar-refractivity contribution >= 4 is 5.91 Å². The maximum atomic E-state index is 12.1. The van der Waals surface area contributed by atoms with Gasteiger partial charge in [0, 0.05) is 37.6 Å². The number of ether oxygens (including phenoxy) is 2. The number of hydrogen-bond acceptors (Lipinski definition) is 5. The molecule has 0 unspecified atom stereocenters. The van der Waals surface area contributed by atoms with Gasteiger partial charge in [0.2, 0.25) is 0 Å². The number of amides is 1. The number of nitrogens with one attached hydrogen (secondary N) is 2. The largest absolute Gasteiger partial charge is 0.493 e. The lowest BCUT2D eigenvalue weighted by Crippen LogP contribution is -2.31. The molecule has 0 saturated carbocycles. The van der Waals surface area contributed by atoms with Gasteiger partial charge in [-0.3, -0.25) is 9.78 Å². The van der Waals surface area contributed by atoms with E-state index in [0.717, 1.165) is 12.1 Å². The van der Waals surface area contributed by atoms with Crippen LogP contribution in [-0.4, -0.2) is 38.2 Å². The average molecular weight is 315 g/mol. The highest BCUT2D eigenvalue weighted by Crippen LogP contribution is 2.27. The number of benzene rings is 1. The molecule has 6 nitrogen and oxygen atoms in total. The van der Waals surface area contributed by atoms with E-state index in [4.69, 9.17) is 9.47 Å². The Bertz CT molecular complexity index is 632. The van der Waals surface area contributed by atoms with Crippen LogP contribution in [-0.2, 0) is 6.54 Å². The Balaban J connectivity index is 1.76. The van der Waals surface area contributed by atoms with Gasteiger partial charge in [0.05, 0.1) is 14.2 Å². The Morgan fingerprint density at radius 3 is 2.65 bits per heavy atom. The van der Waals surface area contributed by atoms with E-state index in [1.165, 1.54) is 0 Å². The van der Waals surface area contributed by atoms with Crippen LogP contribution >= 0.6 is 0 Å². The van der Waals surface area contributed by atoms with Gasteiger partial charge in [-0.05, 0) is 29.8 Å². The number of methoxy groups -OCH3 is 2. The third-order valence-corrected chi connectivity index (χ3v) is 3.28. The molecule has 0 aliphatic carbocycles. The van der Waals surface area contributed by atoms with Crippen LogP contribution in [0, 0.1) is 0 Å². The number of nitrogens with zero attached hydrogens (tertiary/aromatic N) is 1. The van der Waals surface area contributed by atoms with Crippen LogP contribution in [0.5, 0.6) is 11.5 Å².